The highest BCUT2D eigenvalue weighted by atomic mass is 19.1. The van der Waals surface area contributed by atoms with Crippen molar-refractivity contribution in [2.75, 3.05) is 26.8 Å². The van der Waals surface area contributed by atoms with Gasteiger partial charge in [0.1, 0.15) is 11.6 Å². The number of rotatable bonds is 10. The fourth-order valence-electron chi connectivity index (χ4n) is 3.26. The summed E-state index contributed by atoms with van der Waals surface area (Å²) in [6.07, 6.45) is -0.487. The molecular formula is C23H28FN3O3. The van der Waals surface area contributed by atoms with Gasteiger partial charge in [-0.2, -0.15) is 5.10 Å². The molecule has 0 fully saturated rings. The Morgan fingerprint density at radius 1 is 1.17 bits per heavy atom. The van der Waals surface area contributed by atoms with Crippen molar-refractivity contribution in [3.8, 4) is 17.3 Å². The van der Waals surface area contributed by atoms with Crippen LogP contribution in [0.25, 0.3) is 5.69 Å². The summed E-state index contributed by atoms with van der Waals surface area (Å²) in [5, 5.41) is 14.6. The molecule has 1 aromatic heterocycles. The molecule has 6 nitrogen and oxygen atoms in total. The Kier molecular flexibility index (Phi) is 7.57. The number of methoxy groups -OCH3 is 1. The lowest BCUT2D eigenvalue weighted by Crippen LogP contribution is -2.33. The molecule has 0 unspecified atom stereocenters. The molecule has 3 rings (SSSR count). The van der Waals surface area contributed by atoms with Gasteiger partial charge in [0, 0.05) is 32.8 Å². The van der Waals surface area contributed by atoms with E-state index in [1.54, 1.807) is 30.8 Å². The topological polar surface area (TPSA) is 59.8 Å². The molecule has 3 aromatic rings. The lowest BCUT2D eigenvalue weighted by atomic mass is 10.2. The number of nitrogens with zero attached hydrogens (tertiary/aromatic N) is 3. The van der Waals surface area contributed by atoms with Gasteiger partial charge in [-0.15, -0.1) is 0 Å². The first-order chi connectivity index (χ1) is 14.5. The van der Waals surface area contributed by atoms with Gasteiger partial charge in [-0.1, -0.05) is 24.3 Å². The predicted molar refractivity (Wildman–Crippen MR) is 114 cm³/mol. The highest BCUT2D eigenvalue weighted by Crippen LogP contribution is 2.31. The molecule has 0 saturated carbocycles. The Bertz CT molecular complexity index is 944. The van der Waals surface area contributed by atoms with E-state index in [-0.39, 0.29) is 5.82 Å². The highest BCUT2D eigenvalue weighted by Gasteiger charge is 2.22. The van der Waals surface area contributed by atoms with Gasteiger partial charge in [-0.05, 0) is 38.1 Å². The van der Waals surface area contributed by atoms with E-state index in [1.165, 1.54) is 12.1 Å². The van der Waals surface area contributed by atoms with Crippen LogP contribution in [0.5, 0.6) is 11.6 Å². The zero-order chi connectivity index (χ0) is 21.5. The van der Waals surface area contributed by atoms with Crippen molar-refractivity contribution in [1.82, 2.24) is 14.7 Å². The minimum atomic E-state index is -0.487. The molecule has 0 radical (unpaired) electrons. The van der Waals surface area contributed by atoms with Gasteiger partial charge in [0.05, 0.1) is 29.7 Å². The zero-order valence-electron chi connectivity index (χ0n) is 17.6. The van der Waals surface area contributed by atoms with Crippen molar-refractivity contribution in [3.63, 3.8) is 0 Å². The van der Waals surface area contributed by atoms with E-state index in [0.29, 0.717) is 37.9 Å². The monoisotopic (exact) mass is 413 g/mol. The van der Waals surface area contributed by atoms with E-state index in [0.717, 1.165) is 16.9 Å². The van der Waals surface area contributed by atoms with Crippen LogP contribution in [0.2, 0.25) is 0 Å². The molecule has 0 saturated heterocycles. The van der Waals surface area contributed by atoms with Crippen LogP contribution in [-0.4, -0.2) is 52.7 Å². The van der Waals surface area contributed by atoms with Crippen molar-refractivity contribution >= 4 is 0 Å². The molecule has 7 heteroatoms. The minimum Gasteiger partial charge on any atom is -0.438 e. The normalized spacial score (nSPS) is 12.3. The SMILES string of the molecule is COCCN(Cc1c(C)nn(-c2ccccc2)c1Oc1cccc(F)c1)C[C@@H](C)O. The van der Waals surface area contributed by atoms with E-state index >= 15 is 0 Å². The van der Waals surface area contributed by atoms with E-state index in [4.69, 9.17) is 9.47 Å². The summed E-state index contributed by atoms with van der Waals surface area (Å²) in [6.45, 7) is 5.86. The molecular weight excluding hydrogens is 385 g/mol. The largest absolute Gasteiger partial charge is 0.438 e. The first-order valence-electron chi connectivity index (χ1n) is 9.94. The lowest BCUT2D eigenvalue weighted by molar-refractivity contribution is 0.0934. The second-order valence-electron chi connectivity index (χ2n) is 7.25. The van der Waals surface area contributed by atoms with Crippen molar-refractivity contribution < 1.29 is 19.0 Å². The molecule has 0 aliphatic heterocycles. The van der Waals surface area contributed by atoms with Crippen LogP contribution in [0.1, 0.15) is 18.2 Å². The van der Waals surface area contributed by atoms with Crippen LogP contribution in [0.3, 0.4) is 0 Å². The number of para-hydroxylation sites is 1. The maximum atomic E-state index is 13.7. The molecule has 2 aromatic carbocycles. The third-order valence-corrected chi connectivity index (χ3v) is 4.66. The van der Waals surface area contributed by atoms with Gasteiger partial charge in [0.15, 0.2) is 0 Å². The number of aliphatic hydroxyl groups is 1. The van der Waals surface area contributed by atoms with Crippen molar-refractivity contribution in [2.45, 2.75) is 26.5 Å². The Morgan fingerprint density at radius 3 is 2.60 bits per heavy atom. The maximum absolute atomic E-state index is 13.7. The van der Waals surface area contributed by atoms with E-state index in [2.05, 4.69) is 10.00 Å². The van der Waals surface area contributed by atoms with Crippen LogP contribution in [0.4, 0.5) is 4.39 Å². The number of aromatic nitrogens is 2. The number of aliphatic hydroxyl groups excluding tert-OH is 1. The van der Waals surface area contributed by atoms with Gasteiger partial charge in [0.2, 0.25) is 5.88 Å². The molecule has 1 atom stereocenters. The average molecular weight is 413 g/mol. The van der Waals surface area contributed by atoms with E-state index in [9.17, 15) is 9.50 Å². The standard InChI is InChI=1S/C23H28FN3O3/c1-17(28)15-26(12-13-29-3)16-22-18(2)25-27(20-9-5-4-6-10-20)23(22)30-21-11-7-8-19(24)14-21/h4-11,14,17,28H,12-13,15-16H2,1-3H3/t17-/m1/s1. The number of hydrogen-bond acceptors (Lipinski definition) is 5. The van der Waals surface area contributed by atoms with Gasteiger partial charge in [0.25, 0.3) is 0 Å². The molecule has 30 heavy (non-hydrogen) atoms. The Hall–Kier alpha value is -2.74. The maximum Gasteiger partial charge on any atom is 0.227 e. The molecule has 160 valence electrons. The molecule has 0 aliphatic carbocycles. The number of ether oxygens (including phenoxy) is 2. The van der Waals surface area contributed by atoms with Gasteiger partial charge in [-0.25, -0.2) is 9.07 Å². The van der Waals surface area contributed by atoms with Gasteiger partial charge in [-0.3, -0.25) is 4.90 Å². The van der Waals surface area contributed by atoms with Gasteiger partial charge < -0.3 is 14.6 Å². The Labute approximate surface area is 176 Å². The smallest absolute Gasteiger partial charge is 0.227 e. The first kappa shape index (κ1) is 22.0. The van der Waals surface area contributed by atoms with Crippen molar-refractivity contribution in [3.05, 3.63) is 71.7 Å². The van der Waals surface area contributed by atoms with Crippen molar-refractivity contribution in [2.24, 2.45) is 0 Å². The highest BCUT2D eigenvalue weighted by molar-refractivity contribution is 5.43. The Balaban J connectivity index is 2.01. The summed E-state index contributed by atoms with van der Waals surface area (Å²) < 4.78 is 26.8. The molecule has 1 N–H and O–H groups in total. The summed E-state index contributed by atoms with van der Waals surface area (Å²) in [6, 6.07) is 15.7. The molecule has 1 heterocycles. The molecule has 0 aliphatic rings. The molecule has 0 bridgehead atoms. The summed E-state index contributed by atoms with van der Waals surface area (Å²) in [4.78, 5) is 2.09. The van der Waals surface area contributed by atoms with Crippen molar-refractivity contribution in [1.29, 1.82) is 0 Å². The Morgan fingerprint density at radius 2 is 1.93 bits per heavy atom. The first-order valence-corrected chi connectivity index (χ1v) is 9.94. The van der Waals surface area contributed by atoms with E-state index < -0.39 is 6.10 Å². The minimum absolute atomic E-state index is 0.368. The van der Waals surface area contributed by atoms with Crippen LogP contribution in [0, 0.1) is 12.7 Å². The second-order valence-corrected chi connectivity index (χ2v) is 7.25. The molecule has 0 spiro atoms. The number of halogens is 1. The fourth-order valence-corrected chi connectivity index (χ4v) is 3.26. The summed E-state index contributed by atoms with van der Waals surface area (Å²) >= 11 is 0. The predicted octanol–water partition coefficient (Wildman–Crippen LogP) is 3.94. The summed E-state index contributed by atoms with van der Waals surface area (Å²) in [5.74, 6) is 0.553. The van der Waals surface area contributed by atoms with Gasteiger partial charge >= 0.3 is 0 Å². The summed E-state index contributed by atoms with van der Waals surface area (Å²) in [7, 11) is 1.65. The lowest BCUT2D eigenvalue weighted by Gasteiger charge is -2.23. The van der Waals surface area contributed by atoms with E-state index in [1.807, 2.05) is 37.3 Å². The second kappa shape index (κ2) is 10.3. The third kappa shape index (κ3) is 5.66. The average Bonchev–Trinajstić information content (AvgIpc) is 3.02. The van der Waals surface area contributed by atoms with Crippen LogP contribution in [-0.2, 0) is 11.3 Å². The zero-order valence-corrected chi connectivity index (χ0v) is 17.6. The van der Waals surface area contributed by atoms with Crippen LogP contribution >= 0.6 is 0 Å². The number of aryl methyl sites for hydroxylation is 1. The number of hydrogen-bond donors (Lipinski definition) is 1. The quantitative estimate of drug-likeness (QED) is 0.546. The fraction of sp³-hybridized carbons (Fsp3) is 0.348. The third-order valence-electron chi connectivity index (χ3n) is 4.66. The van der Waals surface area contributed by atoms with Crippen LogP contribution < -0.4 is 4.74 Å². The molecule has 0 amide bonds. The summed E-state index contributed by atoms with van der Waals surface area (Å²) in [5.41, 5.74) is 2.52. The number of benzene rings is 2. The van der Waals surface area contributed by atoms with Crippen LogP contribution in [0.15, 0.2) is 54.6 Å².